The number of thioether (sulfide) groups is 1. The van der Waals surface area contributed by atoms with E-state index in [1.807, 2.05) is 24.3 Å². The number of carboxylic acids is 1. The van der Waals surface area contributed by atoms with E-state index < -0.39 is 17.7 Å². The van der Waals surface area contributed by atoms with Crippen molar-refractivity contribution in [3.8, 4) is 0 Å². The first-order valence-corrected chi connectivity index (χ1v) is 9.25. The van der Waals surface area contributed by atoms with Crippen LogP contribution < -0.4 is 5.73 Å². The van der Waals surface area contributed by atoms with Gasteiger partial charge in [-0.1, -0.05) is 17.3 Å². The van der Waals surface area contributed by atoms with Crippen LogP contribution in [0.25, 0.3) is 10.2 Å². The summed E-state index contributed by atoms with van der Waals surface area (Å²) in [6, 6.07) is 7.52. The minimum absolute atomic E-state index is 0.113. The molecule has 0 saturated carbocycles. The molecule has 0 amide bonds. The van der Waals surface area contributed by atoms with Crippen LogP contribution in [0, 0.1) is 0 Å². The van der Waals surface area contributed by atoms with Crippen molar-refractivity contribution in [2.75, 3.05) is 12.3 Å². The molecule has 3 N–H and O–H groups in total. The van der Waals surface area contributed by atoms with E-state index in [0.717, 1.165) is 33.3 Å². The Balaban J connectivity index is 1.83. The second-order valence-corrected chi connectivity index (χ2v) is 7.66. The van der Waals surface area contributed by atoms with Crippen LogP contribution in [0.4, 0.5) is 5.13 Å². The maximum absolute atomic E-state index is 12.6. The number of para-hydroxylation sites is 1. The van der Waals surface area contributed by atoms with E-state index in [0.29, 0.717) is 4.34 Å². The molecule has 0 atom stereocenters. The van der Waals surface area contributed by atoms with Gasteiger partial charge in [0.05, 0.1) is 10.2 Å². The number of nitrogens with two attached hydrogens (primary N) is 1. The molecule has 0 aliphatic heterocycles. The van der Waals surface area contributed by atoms with Gasteiger partial charge in [0.15, 0.2) is 15.2 Å². The highest BCUT2D eigenvalue weighted by atomic mass is 32.2. The molecule has 0 unspecified atom stereocenters. The monoisotopic (exact) mass is 394 g/mol. The molecule has 3 rings (SSSR count). The lowest BCUT2D eigenvalue weighted by atomic mass is 10.3. The fourth-order valence-corrected chi connectivity index (χ4v) is 4.21. The summed E-state index contributed by atoms with van der Waals surface area (Å²) in [6.07, 6.45) is 0. The molecule has 8 nitrogen and oxygen atoms in total. The lowest BCUT2D eigenvalue weighted by Gasteiger charge is -2.01. The van der Waals surface area contributed by atoms with Gasteiger partial charge in [-0.15, -0.1) is 22.7 Å². The Hall–Kier alpha value is -2.50. The van der Waals surface area contributed by atoms with Crippen LogP contribution in [0.2, 0.25) is 0 Å². The molecule has 0 bridgehead atoms. The predicted molar refractivity (Wildman–Crippen MR) is 97.1 cm³/mol. The molecule has 2 heterocycles. The maximum atomic E-state index is 12.6. The van der Waals surface area contributed by atoms with Crippen LogP contribution in [0.15, 0.2) is 39.1 Å². The number of nitrogens with zero attached hydrogens (tertiary/aromatic N) is 3. The average molecular weight is 394 g/mol. The molecule has 0 aliphatic rings. The molecular weight excluding hydrogens is 384 g/mol. The van der Waals surface area contributed by atoms with E-state index in [4.69, 9.17) is 15.7 Å². The quantitative estimate of drug-likeness (QED) is 0.371. The Morgan fingerprint density at radius 2 is 2.12 bits per heavy atom. The summed E-state index contributed by atoms with van der Waals surface area (Å²) >= 11 is 3.38. The van der Waals surface area contributed by atoms with Crippen molar-refractivity contribution in [1.29, 1.82) is 0 Å². The van der Waals surface area contributed by atoms with Crippen molar-refractivity contribution in [3.63, 3.8) is 0 Å². The fourth-order valence-electron chi connectivity index (χ4n) is 1.76. The van der Waals surface area contributed by atoms with Crippen molar-refractivity contribution in [2.24, 2.45) is 5.16 Å². The van der Waals surface area contributed by atoms with Crippen molar-refractivity contribution in [1.82, 2.24) is 9.97 Å². The molecular formula is C14H10N4O4S3. The van der Waals surface area contributed by atoms with Gasteiger partial charge in [0.2, 0.25) is 11.7 Å². The number of aromatic nitrogens is 2. The van der Waals surface area contributed by atoms with Crippen LogP contribution >= 0.6 is 34.4 Å². The number of rotatable bonds is 6. The Kier molecular flexibility index (Phi) is 5.26. The summed E-state index contributed by atoms with van der Waals surface area (Å²) in [4.78, 5) is 36.2. The second-order valence-electron chi connectivity index (χ2n) is 4.52. The molecule has 0 saturated heterocycles. The minimum atomic E-state index is -1.20. The van der Waals surface area contributed by atoms with Gasteiger partial charge >= 0.3 is 5.97 Å². The fraction of sp³-hybridized carbons (Fsp3) is 0.0714. The number of carbonyl (C=O) groups excluding carboxylic acids is 1. The smallest absolute Gasteiger partial charge is 0.344 e. The molecule has 3 aromatic rings. The van der Waals surface area contributed by atoms with Gasteiger partial charge in [0, 0.05) is 5.38 Å². The Morgan fingerprint density at radius 3 is 2.80 bits per heavy atom. The van der Waals surface area contributed by atoms with Crippen LogP contribution in [0.5, 0.6) is 0 Å². The normalized spacial score (nSPS) is 11.6. The van der Waals surface area contributed by atoms with Crippen LogP contribution in [0.3, 0.4) is 0 Å². The molecule has 0 aliphatic carbocycles. The summed E-state index contributed by atoms with van der Waals surface area (Å²) in [5, 5.41) is 13.6. The first kappa shape index (κ1) is 17.3. The first-order chi connectivity index (χ1) is 12.0. The highest BCUT2D eigenvalue weighted by Crippen LogP contribution is 2.30. The largest absolute Gasteiger partial charge is 0.479 e. The highest BCUT2D eigenvalue weighted by molar-refractivity contribution is 8.16. The van der Waals surface area contributed by atoms with E-state index in [2.05, 4.69) is 15.1 Å². The van der Waals surface area contributed by atoms with E-state index in [9.17, 15) is 9.59 Å². The summed E-state index contributed by atoms with van der Waals surface area (Å²) in [5.74, 6) is -1.20. The van der Waals surface area contributed by atoms with Crippen LogP contribution in [-0.4, -0.2) is 38.5 Å². The number of carboxylic acid groups (broad SMARTS) is 1. The molecule has 0 fully saturated rings. The molecule has 25 heavy (non-hydrogen) atoms. The van der Waals surface area contributed by atoms with Crippen molar-refractivity contribution >= 4 is 66.6 Å². The van der Waals surface area contributed by atoms with E-state index in [1.165, 1.54) is 11.3 Å². The lowest BCUT2D eigenvalue weighted by Crippen LogP contribution is -2.15. The van der Waals surface area contributed by atoms with Crippen molar-refractivity contribution in [2.45, 2.75) is 4.34 Å². The zero-order valence-corrected chi connectivity index (χ0v) is 14.9. The van der Waals surface area contributed by atoms with Gasteiger partial charge in [-0.25, -0.2) is 14.8 Å². The highest BCUT2D eigenvalue weighted by Gasteiger charge is 2.21. The standard InChI is InChI=1S/C14H10N4O4S3/c15-13-16-8(6-23-13)11(18-22-5-10(19)20)12(21)25-14-17-7-3-1-2-4-9(7)24-14/h1-4,6H,5H2,(H2,15,16)(H,19,20)/b18-11-. The number of carbonyl (C=O) groups is 2. The number of hydrogen-bond acceptors (Lipinski definition) is 10. The predicted octanol–water partition coefficient (Wildman–Crippen LogP) is 2.46. The average Bonchev–Trinajstić information content (AvgIpc) is 3.16. The van der Waals surface area contributed by atoms with Gasteiger partial charge < -0.3 is 15.7 Å². The third-order valence-electron chi connectivity index (χ3n) is 2.76. The van der Waals surface area contributed by atoms with Gasteiger partial charge in [0.1, 0.15) is 5.69 Å². The number of benzene rings is 1. The zero-order chi connectivity index (χ0) is 17.8. The van der Waals surface area contributed by atoms with Crippen LogP contribution in [0.1, 0.15) is 5.69 Å². The minimum Gasteiger partial charge on any atom is -0.479 e. The van der Waals surface area contributed by atoms with Gasteiger partial charge in [-0.3, -0.25) is 4.79 Å². The summed E-state index contributed by atoms with van der Waals surface area (Å²) in [7, 11) is 0. The Morgan fingerprint density at radius 1 is 1.32 bits per heavy atom. The van der Waals surface area contributed by atoms with E-state index in [-0.39, 0.29) is 16.5 Å². The van der Waals surface area contributed by atoms with E-state index in [1.54, 1.807) is 5.38 Å². The Labute approximate surface area is 153 Å². The maximum Gasteiger partial charge on any atom is 0.344 e. The second kappa shape index (κ2) is 7.59. The first-order valence-electron chi connectivity index (χ1n) is 6.74. The molecule has 2 aromatic heterocycles. The molecule has 0 radical (unpaired) electrons. The van der Waals surface area contributed by atoms with Gasteiger partial charge in [-0.2, -0.15) is 0 Å². The summed E-state index contributed by atoms with van der Waals surface area (Å²) in [6.45, 7) is -0.664. The number of thiazole rings is 2. The molecule has 0 spiro atoms. The number of oxime groups is 1. The van der Waals surface area contributed by atoms with Crippen LogP contribution in [-0.2, 0) is 14.4 Å². The topological polar surface area (TPSA) is 128 Å². The Bertz CT molecular complexity index is 933. The molecule has 11 heteroatoms. The van der Waals surface area contributed by atoms with Gasteiger partial charge in [-0.05, 0) is 23.9 Å². The summed E-state index contributed by atoms with van der Waals surface area (Å²) < 4.78 is 1.50. The number of aliphatic carboxylic acids is 1. The molecule has 128 valence electrons. The van der Waals surface area contributed by atoms with Gasteiger partial charge in [0.25, 0.3) is 0 Å². The van der Waals surface area contributed by atoms with Crippen molar-refractivity contribution < 1.29 is 19.5 Å². The lowest BCUT2D eigenvalue weighted by molar-refractivity contribution is -0.142. The third-order valence-corrected chi connectivity index (χ3v) is 5.41. The SMILES string of the molecule is Nc1nc(/C(=N/OCC(=O)O)C(=O)Sc2nc3ccccc3s2)cs1. The number of fused-ring (bicyclic) bond motifs is 1. The third kappa shape index (κ3) is 4.32. The number of hydrogen-bond donors (Lipinski definition) is 2. The van der Waals surface area contributed by atoms with E-state index >= 15 is 0 Å². The number of nitrogen functional groups attached to an aromatic ring is 1. The molecule has 1 aromatic carbocycles. The van der Waals surface area contributed by atoms with Crippen molar-refractivity contribution in [3.05, 3.63) is 35.3 Å². The summed E-state index contributed by atoms with van der Waals surface area (Å²) in [5.41, 5.74) is 6.49. The number of anilines is 1. The zero-order valence-electron chi connectivity index (χ0n) is 12.4.